The van der Waals surface area contributed by atoms with Gasteiger partial charge in [-0.3, -0.25) is 9.69 Å². The summed E-state index contributed by atoms with van der Waals surface area (Å²) in [5.41, 5.74) is 1.73. The predicted octanol–water partition coefficient (Wildman–Crippen LogP) is 3.40. The lowest BCUT2D eigenvalue weighted by molar-refractivity contribution is 0.0162. The summed E-state index contributed by atoms with van der Waals surface area (Å²) in [6.45, 7) is 3.80. The van der Waals surface area contributed by atoms with Crippen LogP contribution < -0.4 is 14.8 Å². The molecule has 8 heteroatoms. The first-order valence-corrected chi connectivity index (χ1v) is 9.75. The monoisotopic (exact) mass is 468 g/mol. The van der Waals surface area contributed by atoms with Crippen molar-refractivity contribution in [3.63, 3.8) is 0 Å². The molecule has 1 saturated heterocycles. The van der Waals surface area contributed by atoms with Crippen LogP contribution in [0.2, 0.25) is 0 Å². The summed E-state index contributed by atoms with van der Waals surface area (Å²) >= 11 is 3.41. The van der Waals surface area contributed by atoms with Crippen LogP contribution in [0.4, 0.5) is 0 Å². The van der Waals surface area contributed by atoms with Crippen molar-refractivity contribution in [2.45, 2.75) is 6.04 Å². The summed E-state index contributed by atoms with van der Waals surface area (Å²) in [6, 6.07) is 13.4. The number of carbonyl (C=O) groups is 1. The van der Waals surface area contributed by atoms with E-state index in [1.807, 2.05) is 42.5 Å². The van der Waals surface area contributed by atoms with Gasteiger partial charge in [0.25, 0.3) is 5.91 Å². The van der Waals surface area contributed by atoms with Crippen molar-refractivity contribution in [1.82, 2.24) is 10.2 Å². The topological polar surface area (TPSA) is 60.0 Å². The van der Waals surface area contributed by atoms with E-state index in [1.165, 1.54) is 0 Å². The second-order valence-corrected chi connectivity index (χ2v) is 7.41. The minimum absolute atomic E-state index is 0. The molecule has 6 nitrogen and oxygen atoms in total. The zero-order valence-electron chi connectivity index (χ0n) is 15.2. The van der Waals surface area contributed by atoms with Crippen LogP contribution >= 0.6 is 28.3 Å². The number of hydrogen-bond acceptors (Lipinski definition) is 5. The Hall–Kier alpha value is -1.80. The van der Waals surface area contributed by atoms with Crippen LogP contribution in [0.5, 0.6) is 11.5 Å². The Balaban J connectivity index is 0.00000225. The summed E-state index contributed by atoms with van der Waals surface area (Å²) in [5.74, 6) is 1.43. The lowest BCUT2D eigenvalue weighted by Crippen LogP contribution is -2.43. The lowest BCUT2D eigenvalue weighted by atomic mass is 10.0. The molecule has 0 aromatic heterocycles. The van der Waals surface area contributed by atoms with Gasteiger partial charge in [-0.2, -0.15) is 0 Å². The first-order chi connectivity index (χ1) is 13.2. The van der Waals surface area contributed by atoms with E-state index in [4.69, 9.17) is 14.2 Å². The Morgan fingerprint density at radius 1 is 1.11 bits per heavy atom. The summed E-state index contributed by atoms with van der Waals surface area (Å²) < 4.78 is 17.3. The van der Waals surface area contributed by atoms with E-state index in [-0.39, 0.29) is 31.1 Å². The van der Waals surface area contributed by atoms with Gasteiger partial charge in [0.1, 0.15) is 0 Å². The Labute approximate surface area is 178 Å². The summed E-state index contributed by atoms with van der Waals surface area (Å²) in [5, 5.41) is 3.08. The number of ether oxygens (including phenoxy) is 3. The Morgan fingerprint density at radius 3 is 2.68 bits per heavy atom. The van der Waals surface area contributed by atoms with Crippen LogP contribution in [-0.2, 0) is 4.74 Å². The first-order valence-electron chi connectivity index (χ1n) is 8.96. The molecule has 1 fully saturated rings. The highest BCUT2D eigenvalue weighted by Crippen LogP contribution is 2.35. The highest BCUT2D eigenvalue weighted by Gasteiger charge is 2.25. The molecule has 0 radical (unpaired) electrons. The van der Waals surface area contributed by atoms with Gasteiger partial charge in [-0.05, 0) is 35.9 Å². The number of carbonyl (C=O) groups excluding carboxylic acids is 1. The van der Waals surface area contributed by atoms with Gasteiger partial charge in [0.2, 0.25) is 6.79 Å². The Kier molecular flexibility index (Phi) is 7.18. The average Bonchev–Trinajstić information content (AvgIpc) is 3.17. The van der Waals surface area contributed by atoms with Crippen molar-refractivity contribution in [2.75, 3.05) is 39.6 Å². The number of benzene rings is 2. The molecular weight excluding hydrogens is 448 g/mol. The molecule has 150 valence electrons. The highest BCUT2D eigenvalue weighted by atomic mass is 79.9. The minimum atomic E-state index is -0.0877. The molecule has 2 aliphatic rings. The number of halogens is 2. The van der Waals surface area contributed by atoms with Crippen molar-refractivity contribution in [1.29, 1.82) is 0 Å². The van der Waals surface area contributed by atoms with Gasteiger partial charge >= 0.3 is 0 Å². The molecule has 0 saturated carbocycles. The van der Waals surface area contributed by atoms with Gasteiger partial charge in [-0.25, -0.2) is 0 Å². The summed E-state index contributed by atoms with van der Waals surface area (Å²) in [6.07, 6.45) is 0. The fourth-order valence-corrected chi connectivity index (χ4v) is 3.79. The number of nitrogens with one attached hydrogen (secondary N) is 1. The van der Waals surface area contributed by atoms with Gasteiger partial charge in [-0.15, -0.1) is 12.4 Å². The number of morpholine rings is 1. The van der Waals surface area contributed by atoms with E-state index >= 15 is 0 Å². The molecule has 0 aliphatic carbocycles. The van der Waals surface area contributed by atoms with Gasteiger partial charge < -0.3 is 19.5 Å². The minimum Gasteiger partial charge on any atom is -0.454 e. The van der Waals surface area contributed by atoms with E-state index in [1.54, 1.807) is 0 Å². The van der Waals surface area contributed by atoms with Crippen LogP contribution in [0.15, 0.2) is 46.9 Å². The largest absolute Gasteiger partial charge is 0.454 e. The molecule has 2 aromatic carbocycles. The maximum absolute atomic E-state index is 12.6. The SMILES string of the molecule is Cl.O=C(NCC(c1ccc2c(c1)OCO2)N1CCOCC1)c1cccc(Br)c1. The molecule has 2 heterocycles. The van der Waals surface area contributed by atoms with E-state index in [2.05, 4.69) is 26.1 Å². The number of hydrogen-bond donors (Lipinski definition) is 1. The van der Waals surface area contributed by atoms with Crippen molar-refractivity contribution in [3.8, 4) is 11.5 Å². The van der Waals surface area contributed by atoms with Crippen molar-refractivity contribution in [3.05, 3.63) is 58.1 Å². The maximum atomic E-state index is 12.6. The van der Waals surface area contributed by atoms with Crippen LogP contribution in [0, 0.1) is 0 Å². The molecule has 2 aliphatic heterocycles. The van der Waals surface area contributed by atoms with E-state index in [0.29, 0.717) is 25.3 Å². The summed E-state index contributed by atoms with van der Waals surface area (Å²) in [7, 11) is 0. The van der Waals surface area contributed by atoms with Gasteiger partial charge in [0.15, 0.2) is 11.5 Å². The van der Waals surface area contributed by atoms with Crippen LogP contribution in [0.25, 0.3) is 0 Å². The predicted molar refractivity (Wildman–Crippen MR) is 111 cm³/mol. The normalized spacial score (nSPS) is 16.9. The smallest absolute Gasteiger partial charge is 0.251 e. The first kappa shape index (κ1) is 20.9. The molecule has 1 amide bonds. The molecule has 0 spiro atoms. The lowest BCUT2D eigenvalue weighted by Gasteiger charge is -2.35. The van der Waals surface area contributed by atoms with Crippen LogP contribution in [0.1, 0.15) is 22.0 Å². The molecule has 28 heavy (non-hydrogen) atoms. The third-order valence-corrected chi connectivity index (χ3v) is 5.30. The molecule has 4 rings (SSSR count). The molecule has 2 aromatic rings. The van der Waals surface area contributed by atoms with E-state index in [9.17, 15) is 4.79 Å². The van der Waals surface area contributed by atoms with Gasteiger partial charge in [0.05, 0.1) is 19.3 Å². The number of fused-ring (bicyclic) bond motifs is 1. The van der Waals surface area contributed by atoms with E-state index in [0.717, 1.165) is 34.6 Å². The number of rotatable bonds is 5. The Bertz CT molecular complexity index is 830. The zero-order valence-corrected chi connectivity index (χ0v) is 17.6. The van der Waals surface area contributed by atoms with Crippen LogP contribution in [-0.4, -0.2) is 50.4 Å². The molecule has 1 atom stereocenters. The highest BCUT2D eigenvalue weighted by molar-refractivity contribution is 9.10. The Morgan fingerprint density at radius 2 is 1.89 bits per heavy atom. The molecule has 1 N–H and O–H groups in total. The van der Waals surface area contributed by atoms with E-state index < -0.39 is 0 Å². The van der Waals surface area contributed by atoms with Gasteiger partial charge in [-0.1, -0.05) is 28.1 Å². The fraction of sp³-hybridized carbons (Fsp3) is 0.350. The van der Waals surface area contributed by atoms with Crippen molar-refractivity contribution >= 4 is 34.2 Å². The fourth-order valence-electron chi connectivity index (χ4n) is 3.39. The van der Waals surface area contributed by atoms with Crippen molar-refractivity contribution < 1.29 is 19.0 Å². The summed E-state index contributed by atoms with van der Waals surface area (Å²) in [4.78, 5) is 14.9. The number of nitrogens with zero attached hydrogens (tertiary/aromatic N) is 1. The molecule has 0 bridgehead atoms. The van der Waals surface area contributed by atoms with Gasteiger partial charge in [0, 0.05) is 29.7 Å². The standard InChI is InChI=1S/C20H21BrN2O4.ClH/c21-16-3-1-2-15(10-16)20(24)22-12-17(23-6-8-25-9-7-23)14-4-5-18-19(11-14)27-13-26-18;/h1-5,10-11,17H,6-9,12-13H2,(H,22,24);1H. The molecular formula is C20H22BrClN2O4. The molecule has 1 unspecified atom stereocenters. The third-order valence-electron chi connectivity index (χ3n) is 4.81. The average molecular weight is 470 g/mol. The van der Waals surface area contributed by atoms with Crippen molar-refractivity contribution in [2.24, 2.45) is 0 Å². The second-order valence-electron chi connectivity index (χ2n) is 6.50. The quantitative estimate of drug-likeness (QED) is 0.727. The number of amides is 1. The maximum Gasteiger partial charge on any atom is 0.251 e. The zero-order chi connectivity index (χ0) is 18.6. The third kappa shape index (κ3) is 4.78. The van der Waals surface area contributed by atoms with Crippen LogP contribution in [0.3, 0.4) is 0 Å². The second kappa shape index (κ2) is 9.60.